The zero-order valence-corrected chi connectivity index (χ0v) is 11.8. The molecular formula is C13H17N5O3. The standard InChI is InChI=1S/C13H17N5O3/c1-8-6-10(21-17-8)7-11(19)18-4-2-9(3-5-18)12-14-13(20)16-15-12/h6,9H,2-5,7H2,1H3,(H2,14,15,16,20). The number of aromatic amines is 2. The molecule has 2 N–H and O–H groups in total. The van der Waals surface area contributed by atoms with Crippen LogP contribution in [0.5, 0.6) is 0 Å². The summed E-state index contributed by atoms with van der Waals surface area (Å²) in [4.78, 5) is 27.7. The molecule has 0 saturated carbocycles. The number of carbonyl (C=O) groups is 1. The molecule has 0 spiro atoms. The Morgan fingerprint density at radius 3 is 2.81 bits per heavy atom. The number of nitrogens with zero attached hydrogens (tertiary/aromatic N) is 3. The van der Waals surface area contributed by atoms with Crippen molar-refractivity contribution in [2.45, 2.75) is 32.1 Å². The SMILES string of the molecule is Cc1cc(CC(=O)N2CCC(c3n[nH]c(=O)[nH]3)CC2)on1. The topological polar surface area (TPSA) is 108 Å². The van der Waals surface area contributed by atoms with Crippen LogP contribution in [0.3, 0.4) is 0 Å². The van der Waals surface area contributed by atoms with Gasteiger partial charge in [-0.3, -0.25) is 9.78 Å². The van der Waals surface area contributed by atoms with E-state index >= 15 is 0 Å². The Hall–Kier alpha value is -2.38. The van der Waals surface area contributed by atoms with Gasteiger partial charge in [0.1, 0.15) is 11.6 Å². The summed E-state index contributed by atoms with van der Waals surface area (Å²) < 4.78 is 5.07. The molecular weight excluding hydrogens is 274 g/mol. The average molecular weight is 291 g/mol. The Morgan fingerprint density at radius 2 is 2.24 bits per heavy atom. The second-order valence-corrected chi connectivity index (χ2v) is 5.33. The molecule has 3 rings (SSSR count). The highest BCUT2D eigenvalue weighted by Crippen LogP contribution is 2.24. The highest BCUT2D eigenvalue weighted by atomic mass is 16.5. The first-order valence-corrected chi connectivity index (χ1v) is 6.96. The number of amides is 1. The van der Waals surface area contributed by atoms with Crippen molar-refractivity contribution < 1.29 is 9.32 Å². The molecule has 1 aliphatic heterocycles. The Morgan fingerprint density at radius 1 is 1.48 bits per heavy atom. The lowest BCUT2D eigenvalue weighted by Crippen LogP contribution is -2.39. The molecule has 0 unspecified atom stereocenters. The van der Waals surface area contributed by atoms with Gasteiger partial charge in [-0.15, -0.1) is 0 Å². The van der Waals surface area contributed by atoms with E-state index in [-0.39, 0.29) is 23.9 Å². The summed E-state index contributed by atoms with van der Waals surface area (Å²) in [7, 11) is 0. The molecule has 1 amide bonds. The number of carbonyl (C=O) groups excluding carboxylic acids is 1. The van der Waals surface area contributed by atoms with Crippen molar-refractivity contribution in [2.75, 3.05) is 13.1 Å². The van der Waals surface area contributed by atoms with Crippen LogP contribution in [0, 0.1) is 6.92 Å². The molecule has 0 aliphatic carbocycles. The molecule has 0 bridgehead atoms. The van der Waals surface area contributed by atoms with Crippen molar-refractivity contribution in [3.8, 4) is 0 Å². The minimum Gasteiger partial charge on any atom is -0.361 e. The van der Waals surface area contributed by atoms with E-state index in [1.165, 1.54) is 0 Å². The van der Waals surface area contributed by atoms with Crippen LogP contribution in [0.25, 0.3) is 0 Å². The van der Waals surface area contributed by atoms with Gasteiger partial charge in [0, 0.05) is 25.1 Å². The van der Waals surface area contributed by atoms with Gasteiger partial charge >= 0.3 is 5.69 Å². The largest absolute Gasteiger partial charge is 0.361 e. The third-order valence-corrected chi connectivity index (χ3v) is 3.76. The monoisotopic (exact) mass is 291 g/mol. The Labute approximate surface area is 120 Å². The number of rotatable bonds is 3. The van der Waals surface area contributed by atoms with E-state index in [2.05, 4.69) is 20.3 Å². The Bertz CT molecular complexity index is 678. The van der Waals surface area contributed by atoms with Gasteiger partial charge in [0.15, 0.2) is 0 Å². The summed E-state index contributed by atoms with van der Waals surface area (Å²) in [5.41, 5.74) is 0.489. The second kappa shape index (κ2) is 5.55. The maximum atomic E-state index is 12.2. The van der Waals surface area contributed by atoms with Gasteiger partial charge in [-0.25, -0.2) is 9.89 Å². The lowest BCUT2D eigenvalue weighted by atomic mass is 9.96. The van der Waals surface area contributed by atoms with Crippen LogP contribution in [0.1, 0.15) is 36.0 Å². The van der Waals surface area contributed by atoms with E-state index in [0.29, 0.717) is 24.7 Å². The molecule has 3 heterocycles. The minimum absolute atomic E-state index is 0.0418. The highest BCUT2D eigenvalue weighted by Gasteiger charge is 2.26. The molecule has 21 heavy (non-hydrogen) atoms. The van der Waals surface area contributed by atoms with Gasteiger partial charge in [0.2, 0.25) is 5.91 Å². The number of likely N-dealkylation sites (tertiary alicyclic amines) is 1. The number of H-pyrrole nitrogens is 2. The van der Waals surface area contributed by atoms with Gasteiger partial charge in [-0.2, -0.15) is 5.10 Å². The van der Waals surface area contributed by atoms with Crippen LogP contribution in [0.4, 0.5) is 0 Å². The lowest BCUT2D eigenvalue weighted by Gasteiger charge is -2.30. The summed E-state index contributed by atoms with van der Waals surface area (Å²) in [5.74, 6) is 1.51. The fourth-order valence-corrected chi connectivity index (χ4v) is 2.64. The summed E-state index contributed by atoms with van der Waals surface area (Å²) in [6.45, 7) is 3.14. The van der Waals surface area contributed by atoms with E-state index in [0.717, 1.165) is 18.5 Å². The predicted molar refractivity (Wildman–Crippen MR) is 72.7 cm³/mol. The summed E-state index contributed by atoms with van der Waals surface area (Å²) in [6, 6.07) is 1.78. The van der Waals surface area contributed by atoms with Crippen LogP contribution in [-0.2, 0) is 11.2 Å². The number of aryl methyl sites for hydroxylation is 1. The molecule has 0 radical (unpaired) electrons. The van der Waals surface area contributed by atoms with Crippen LogP contribution in [0.2, 0.25) is 0 Å². The van der Waals surface area contributed by atoms with Crippen molar-refractivity contribution in [3.63, 3.8) is 0 Å². The zero-order chi connectivity index (χ0) is 14.8. The van der Waals surface area contributed by atoms with Gasteiger partial charge in [0.05, 0.1) is 12.1 Å². The predicted octanol–water partition coefficient (Wildman–Crippen LogP) is 0.343. The second-order valence-electron chi connectivity index (χ2n) is 5.33. The van der Waals surface area contributed by atoms with Crippen molar-refractivity contribution in [3.05, 3.63) is 33.8 Å². The van der Waals surface area contributed by atoms with E-state index in [4.69, 9.17) is 4.52 Å². The third kappa shape index (κ3) is 3.04. The average Bonchev–Trinajstić information content (AvgIpc) is 3.08. The number of aromatic nitrogens is 4. The fraction of sp³-hybridized carbons (Fsp3) is 0.538. The number of hydrogen-bond donors (Lipinski definition) is 2. The van der Waals surface area contributed by atoms with Gasteiger partial charge in [0.25, 0.3) is 0 Å². The lowest BCUT2D eigenvalue weighted by molar-refractivity contribution is -0.131. The maximum absolute atomic E-state index is 12.2. The zero-order valence-electron chi connectivity index (χ0n) is 11.8. The Kier molecular flexibility index (Phi) is 3.59. The highest BCUT2D eigenvalue weighted by molar-refractivity contribution is 5.78. The van der Waals surface area contributed by atoms with Gasteiger partial charge < -0.3 is 9.42 Å². The number of nitrogens with one attached hydrogen (secondary N) is 2. The summed E-state index contributed by atoms with van der Waals surface area (Å²) in [6.07, 6.45) is 1.83. The molecule has 2 aromatic rings. The van der Waals surface area contributed by atoms with Crippen molar-refractivity contribution in [2.24, 2.45) is 0 Å². The van der Waals surface area contributed by atoms with Crippen LogP contribution in [-0.4, -0.2) is 44.2 Å². The third-order valence-electron chi connectivity index (χ3n) is 3.76. The first-order valence-electron chi connectivity index (χ1n) is 6.96. The first-order chi connectivity index (χ1) is 10.1. The van der Waals surface area contributed by atoms with Gasteiger partial charge in [-0.05, 0) is 19.8 Å². The van der Waals surface area contributed by atoms with Gasteiger partial charge in [-0.1, -0.05) is 5.16 Å². The molecule has 1 fully saturated rings. The molecule has 0 aromatic carbocycles. The van der Waals surface area contributed by atoms with Crippen LogP contribution >= 0.6 is 0 Å². The van der Waals surface area contributed by atoms with E-state index in [1.54, 1.807) is 6.07 Å². The van der Waals surface area contributed by atoms with Crippen LogP contribution < -0.4 is 5.69 Å². The summed E-state index contributed by atoms with van der Waals surface area (Å²) in [5, 5.41) is 10.1. The molecule has 112 valence electrons. The first kappa shape index (κ1) is 13.6. The van der Waals surface area contributed by atoms with Crippen molar-refractivity contribution >= 4 is 5.91 Å². The van der Waals surface area contributed by atoms with E-state index < -0.39 is 0 Å². The molecule has 0 atom stereocenters. The van der Waals surface area contributed by atoms with Crippen LogP contribution in [0.15, 0.2) is 15.4 Å². The smallest absolute Gasteiger partial charge is 0.340 e. The molecule has 2 aromatic heterocycles. The normalized spacial score (nSPS) is 16.3. The molecule has 8 heteroatoms. The van der Waals surface area contributed by atoms with Crippen molar-refractivity contribution in [1.29, 1.82) is 0 Å². The number of hydrogen-bond acceptors (Lipinski definition) is 5. The number of piperidine rings is 1. The van der Waals surface area contributed by atoms with E-state index in [1.807, 2.05) is 11.8 Å². The molecule has 1 aliphatic rings. The Balaban J connectivity index is 1.55. The fourth-order valence-electron chi connectivity index (χ4n) is 2.64. The maximum Gasteiger partial charge on any atom is 0.340 e. The quantitative estimate of drug-likeness (QED) is 0.848. The molecule has 8 nitrogen and oxygen atoms in total. The van der Waals surface area contributed by atoms with E-state index in [9.17, 15) is 9.59 Å². The molecule has 1 saturated heterocycles. The minimum atomic E-state index is -0.288. The summed E-state index contributed by atoms with van der Waals surface area (Å²) >= 11 is 0. The van der Waals surface area contributed by atoms with Crippen molar-refractivity contribution in [1.82, 2.24) is 25.2 Å².